The summed E-state index contributed by atoms with van der Waals surface area (Å²) in [5.74, 6) is 0.172. The van der Waals surface area contributed by atoms with E-state index in [4.69, 9.17) is 11.6 Å². The highest BCUT2D eigenvalue weighted by Crippen LogP contribution is 2.30. The molecule has 0 atom stereocenters. The van der Waals surface area contributed by atoms with Gasteiger partial charge in [-0.15, -0.1) is 11.3 Å². The topological polar surface area (TPSA) is 49.4 Å². The number of nitrogens with zero attached hydrogens (tertiary/aromatic N) is 1. The highest BCUT2D eigenvalue weighted by atomic mass is 35.5. The van der Waals surface area contributed by atoms with Crippen molar-refractivity contribution in [1.29, 1.82) is 0 Å². The molecule has 3 rings (SSSR count). The normalized spacial score (nSPS) is 13.7. The van der Waals surface area contributed by atoms with E-state index < -0.39 is 0 Å². The first-order valence-electron chi connectivity index (χ1n) is 7.43. The van der Waals surface area contributed by atoms with E-state index >= 15 is 0 Å². The van der Waals surface area contributed by atoms with Gasteiger partial charge in [-0.25, -0.2) is 0 Å². The molecule has 23 heavy (non-hydrogen) atoms. The minimum Gasteiger partial charge on any atom is -0.337 e. The van der Waals surface area contributed by atoms with Crippen LogP contribution in [-0.4, -0.2) is 23.8 Å². The molecule has 2 amide bonds. The third-order valence-corrected chi connectivity index (χ3v) is 4.93. The van der Waals surface area contributed by atoms with Gasteiger partial charge in [0.1, 0.15) is 0 Å². The number of rotatable bonds is 5. The molecule has 0 radical (unpaired) electrons. The van der Waals surface area contributed by atoms with Crippen molar-refractivity contribution < 1.29 is 9.59 Å². The van der Waals surface area contributed by atoms with E-state index in [2.05, 4.69) is 5.32 Å². The summed E-state index contributed by atoms with van der Waals surface area (Å²) in [6.45, 7) is 0.524. The van der Waals surface area contributed by atoms with Crippen LogP contribution < -0.4 is 5.32 Å². The number of amides is 2. The fourth-order valence-electron chi connectivity index (χ4n) is 2.25. The Morgan fingerprint density at radius 1 is 1.22 bits per heavy atom. The fourth-order valence-corrected chi connectivity index (χ4v) is 3.39. The van der Waals surface area contributed by atoms with Crippen LogP contribution in [0.5, 0.6) is 0 Å². The van der Waals surface area contributed by atoms with E-state index in [1.807, 2.05) is 12.1 Å². The Hall–Kier alpha value is -1.85. The van der Waals surface area contributed by atoms with Gasteiger partial charge in [-0.3, -0.25) is 9.59 Å². The van der Waals surface area contributed by atoms with Crippen LogP contribution in [0.3, 0.4) is 0 Å². The number of carbonyl (C=O) groups is 2. The molecule has 0 unspecified atom stereocenters. The van der Waals surface area contributed by atoms with Crippen molar-refractivity contribution in [2.75, 3.05) is 12.4 Å². The van der Waals surface area contributed by atoms with Crippen molar-refractivity contribution in [3.05, 3.63) is 51.2 Å². The summed E-state index contributed by atoms with van der Waals surface area (Å²) in [4.78, 5) is 26.8. The highest BCUT2D eigenvalue weighted by Gasteiger charge is 2.29. The summed E-state index contributed by atoms with van der Waals surface area (Å²) in [6, 6.07) is 10.8. The number of hydrogen-bond acceptors (Lipinski definition) is 3. The van der Waals surface area contributed by atoms with Crippen molar-refractivity contribution >= 4 is 40.4 Å². The zero-order valence-electron chi connectivity index (χ0n) is 12.7. The summed E-state index contributed by atoms with van der Waals surface area (Å²) < 4.78 is 0.719. The van der Waals surface area contributed by atoms with Gasteiger partial charge < -0.3 is 10.2 Å². The predicted molar refractivity (Wildman–Crippen MR) is 92.9 cm³/mol. The molecule has 1 aromatic carbocycles. The maximum absolute atomic E-state index is 12.4. The third kappa shape index (κ3) is 4.12. The molecule has 1 N–H and O–H groups in total. The Labute approximate surface area is 144 Å². The van der Waals surface area contributed by atoms with Gasteiger partial charge >= 0.3 is 0 Å². The minimum absolute atomic E-state index is 0.0606. The molecule has 1 aliphatic carbocycles. The van der Waals surface area contributed by atoms with Crippen molar-refractivity contribution in [1.82, 2.24) is 4.90 Å². The second-order valence-electron chi connectivity index (χ2n) is 5.71. The van der Waals surface area contributed by atoms with Gasteiger partial charge in [-0.1, -0.05) is 11.6 Å². The number of halogens is 1. The first kappa shape index (κ1) is 16.0. The summed E-state index contributed by atoms with van der Waals surface area (Å²) in [5, 5.41) is 2.86. The molecule has 1 aromatic heterocycles. The van der Waals surface area contributed by atoms with E-state index in [9.17, 15) is 9.59 Å². The monoisotopic (exact) mass is 348 g/mol. The van der Waals surface area contributed by atoms with Crippen LogP contribution in [0.2, 0.25) is 4.34 Å². The maximum atomic E-state index is 12.4. The maximum Gasteiger partial charge on any atom is 0.253 e. The van der Waals surface area contributed by atoms with Crippen LogP contribution in [0.4, 0.5) is 5.69 Å². The Bertz CT molecular complexity index is 722. The SMILES string of the molecule is CN(Cc1ccc(Cl)s1)C(=O)c1ccc(NC(=O)C2CC2)cc1. The average molecular weight is 349 g/mol. The molecule has 0 spiro atoms. The van der Waals surface area contributed by atoms with E-state index in [1.165, 1.54) is 11.3 Å². The van der Waals surface area contributed by atoms with E-state index in [1.54, 1.807) is 36.2 Å². The molecule has 4 nitrogen and oxygen atoms in total. The van der Waals surface area contributed by atoms with Gasteiger partial charge in [0.15, 0.2) is 0 Å². The zero-order chi connectivity index (χ0) is 16.4. The summed E-state index contributed by atoms with van der Waals surface area (Å²) >= 11 is 7.38. The Kier molecular flexibility index (Phi) is 4.68. The van der Waals surface area contributed by atoms with Crippen LogP contribution in [0.25, 0.3) is 0 Å². The lowest BCUT2D eigenvalue weighted by molar-refractivity contribution is -0.117. The highest BCUT2D eigenvalue weighted by molar-refractivity contribution is 7.16. The molecular formula is C17H17ClN2O2S. The van der Waals surface area contributed by atoms with Gasteiger partial charge in [0, 0.05) is 29.1 Å². The molecule has 1 fully saturated rings. The standard InChI is InChI=1S/C17H17ClN2O2S/c1-20(10-14-8-9-15(18)23-14)17(22)12-4-6-13(7-5-12)19-16(21)11-2-3-11/h4-9,11H,2-3,10H2,1H3,(H,19,21). The van der Waals surface area contributed by atoms with Crippen LogP contribution in [0, 0.1) is 5.92 Å². The molecule has 1 heterocycles. The van der Waals surface area contributed by atoms with Crippen LogP contribution >= 0.6 is 22.9 Å². The number of nitrogens with one attached hydrogen (secondary N) is 1. The number of thiophene rings is 1. The van der Waals surface area contributed by atoms with Crippen LogP contribution in [0.1, 0.15) is 28.1 Å². The van der Waals surface area contributed by atoms with E-state index in [0.29, 0.717) is 12.1 Å². The molecule has 2 aromatic rings. The number of hydrogen-bond donors (Lipinski definition) is 1. The van der Waals surface area contributed by atoms with Gasteiger partial charge in [-0.2, -0.15) is 0 Å². The zero-order valence-corrected chi connectivity index (χ0v) is 14.3. The number of carbonyl (C=O) groups excluding carboxylic acids is 2. The Morgan fingerprint density at radius 2 is 1.91 bits per heavy atom. The molecule has 0 bridgehead atoms. The second kappa shape index (κ2) is 6.72. The van der Waals surface area contributed by atoms with E-state index in [0.717, 1.165) is 27.7 Å². The Morgan fingerprint density at radius 3 is 2.48 bits per heavy atom. The predicted octanol–water partition coefficient (Wildman–Crippen LogP) is 4.02. The summed E-state index contributed by atoms with van der Waals surface area (Å²) in [5.41, 5.74) is 1.32. The van der Waals surface area contributed by atoms with Crippen molar-refractivity contribution in [2.45, 2.75) is 19.4 Å². The summed E-state index contributed by atoms with van der Waals surface area (Å²) in [6.07, 6.45) is 1.94. The van der Waals surface area contributed by atoms with Gasteiger partial charge in [-0.05, 0) is 49.2 Å². The average Bonchev–Trinajstić information content (AvgIpc) is 3.31. The van der Waals surface area contributed by atoms with Gasteiger partial charge in [0.05, 0.1) is 10.9 Å². The summed E-state index contributed by atoms with van der Waals surface area (Å²) in [7, 11) is 1.76. The number of anilines is 1. The second-order valence-corrected chi connectivity index (χ2v) is 7.51. The van der Waals surface area contributed by atoms with Crippen LogP contribution in [0.15, 0.2) is 36.4 Å². The molecule has 1 saturated carbocycles. The quantitative estimate of drug-likeness (QED) is 0.887. The largest absolute Gasteiger partial charge is 0.337 e. The molecule has 6 heteroatoms. The fraction of sp³-hybridized carbons (Fsp3) is 0.294. The lowest BCUT2D eigenvalue weighted by Crippen LogP contribution is -2.25. The Balaban J connectivity index is 1.61. The van der Waals surface area contributed by atoms with Crippen molar-refractivity contribution in [3.8, 4) is 0 Å². The first-order valence-corrected chi connectivity index (χ1v) is 8.63. The lowest BCUT2D eigenvalue weighted by Gasteiger charge is -2.16. The first-order chi connectivity index (χ1) is 11.0. The lowest BCUT2D eigenvalue weighted by atomic mass is 10.1. The molecule has 120 valence electrons. The number of benzene rings is 1. The van der Waals surface area contributed by atoms with E-state index in [-0.39, 0.29) is 17.7 Å². The molecule has 1 aliphatic rings. The molecular weight excluding hydrogens is 332 g/mol. The smallest absolute Gasteiger partial charge is 0.253 e. The van der Waals surface area contributed by atoms with Crippen molar-refractivity contribution in [2.24, 2.45) is 5.92 Å². The van der Waals surface area contributed by atoms with Gasteiger partial charge in [0.2, 0.25) is 5.91 Å². The van der Waals surface area contributed by atoms with Crippen molar-refractivity contribution in [3.63, 3.8) is 0 Å². The van der Waals surface area contributed by atoms with Crippen LogP contribution in [-0.2, 0) is 11.3 Å². The van der Waals surface area contributed by atoms with Gasteiger partial charge in [0.25, 0.3) is 5.91 Å². The third-order valence-electron chi connectivity index (χ3n) is 3.72. The molecule has 0 aliphatic heterocycles. The minimum atomic E-state index is -0.0606. The molecule has 0 saturated heterocycles.